The van der Waals surface area contributed by atoms with E-state index in [-0.39, 0.29) is 10.6 Å². The lowest BCUT2D eigenvalue weighted by Gasteiger charge is -2.36. The van der Waals surface area contributed by atoms with Crippen LogP contribution in [0.3, 0.4) is 0 Å². The van der Waals surface area contributed by atoms with Crippen molar-refractivity contribution >= 4 is 11.4 Å². The highest BCUT2D eigenvalue weighted by atomic mass is 16.6. The number of piperazine rings is 1. The highest BCUT2D eigenvalue weighted by molar-refractivity contribution is 5.51. The minimum atomic E-state index is -0.369. The average molecular weight is 371 g/mol. The molecule has 0 bridgehead atoms. The molecule has 7 nitrogen and oxygen atoms in total. The minimum Gasteiger partial charge on any atom is -0.494 e. The fourth-order valence-electron chi connectivity index (χ4n) is 3.11. The Hall–Kier alpha value is -2.80. The van der Waals surface area contributed by atoms with Gasteiger partial charge >= 0.3 is 0 Å². The predicted octanol–water partition coefficient (Wildman–Crippen LogP) is 3.19. The molecule has 1 fully saturated rings. The molecule has 7 heteroatoms. The number of nitrogens with zero attached hydrogens (tertiary/aromatic N) is 3. The van der Waals surface area contributed by atoms with Gasteiger partial charge in [-0.1, -0.05) is 0 Å². The summed E-state index contributed by atoms with van der Waals surface area (Å²) in [5, 5.41) is 10.7. The van der Waals surface area contributed by atoms with Crippen molar-refractivity contribution in [2.75, 3.05) is 50.8 Å². The first-order valence-electron chi connectivity index (χ1n) is 9.23. The molecule has 2 aromatic rings. The Bertz CT molecular complexity index is 726. The summed E-state index contributed by atoms with van der Waals surface area (Å²) in [4.78, 5) is 15.0. The van der Waals surface area contributed by atoms with E-state index in [1.165, 1.54) is 0 Å². The number of nitro groups is 1. The molecule has 3 rings (SSSR count). The van der Waals surface area contributed by atoms with E-state index >= 15 is 0 Å². The van der Waals surface area contributed by atoms with Gasteiger partial charge in [0.25, 0.3) is 5.69 Å². The first-order chi connectivity index (χ1) is 13.2. The van der Waals surface area contributed by atoms with E-state index in [1.54, 1.807) is 12.1 Å². The Labute approximate surface area is 159 Å². The summed E-state index contributed by atoms with van der Waals surface area (Å²) in [5.41, 5.74) is 1.16. The summed E-state index contributed by atoms with van der Waals surface area (Å²) in [7, 11) is 0. The molecule has 0 radical (unpaired) electrons. The van der Waals surface area contributed by atoms with Crippen LogP contribution in [0.1, 0.15) is 6.92 Å². The van der Waals surface area contributed by atoms with E-state index in [9.17, 15) is 10.1 Å². The number of rotatable bonds is 8. The monoisotopic (exact) mass is 371 g/mol. The van der Waals surface area contributed by atoms with E-state index in [2.05, 4.69) is 9.80 Å². The average Bonchev–Trinajstić information content (AvgIpc) is 2.70. The largest absolute Gasteiger partial charge is 0.494 e. The zero-order valence-electron chi connectivity index (χ0n) is 15.5. The number of ether oxygens (including phenoxy) is 2. The lowest BCUT2D eigenvalue weighted by atomic mass is 10.2. The van der Waals surface area contributed by atoms with Crippen LogP contribution in [0.2, 0.25) is 0 Å². The van der Waals surface area contributed by atoms with Crippen molar-refractivity contribution in [2.45, 2.75) is 6.92 Å². The second-order valence-electron chi connectivity index (χ2n) is 6.36. The molecule has 1 heterocycles. The van der Waals surface area contributed by atoms with Crippen LogP contribution in [-0.4, -0.2) is 55.8 Å². The summed E-state index contributed by atoms with van der Waals surface area (Å²) in [6.07, 6.45) is 0. The molecule has 27 heavy (non-hydrogen) atoms. The van der Waals surface area contributed by atoms with Crippen LogP contribution < -0.4 is 14.4 Å². The molecule has 1 aliphatic heterocycles. The van der Waals surface area contributed by atoms with Crippen molar-refractivity contribution in [2.24, 2.45) is 0 Å². The van der Waals surface area contributed by atoms with Crippen LogP contribution >= 0.6 is 0 Å². The fraction of sp³-hybridized carbons (Fsp3) is 0.400. The van der Waals surface area contributed by atoms with Crippen molar-refractivity contribution in [1.82, 2.24) is 4.90 Å². The van der Waals surface area contributed by atoms with Gasteiger partial charge in [-0.2, -0.15) is 0 Å². The SMILES string of the molecule is CCOc1ccc(OCCN2CCN(c3ccc([N+](=O)[O-])cc3)CC2)cc1. The maximum Gasteiger partial charge on any atom is 0.269 e. The van der Waals surface area contributed by atoms with Gasteiger partial charge in [-0.15, -0.1) is 0 Å². The minimum absolute atomic E-state index is 0.129. The van der Waals surface area contributed by atoms with Crippen molar-refractivity contribution in [3.8, 4) is 11.5 Å². The highest BCUT2D eigenvalue weighted by Crippen LogP contribution is 2.21. The van der Waals surface area contributed by atoms with Gasteiger partial charge < -0.3 is 14.4 Å². The van der Waals surface area contributed by atoms with Gasteiger partial charge in [-0.3, -0.25) is 15.0 Å². The summed E-state index contributed by atoms with van der Waals surface area (Å²) in [5.74, 6) is 1.70. The molecule has 144 valence electrons. The van der Waals surface area contributed by atoms with Crippen LogP contribution in [-0.2, 0) is 0 Å². The Balaban J connectivity index is 1.39. The third-order valence-corrected chi connectivity index (χ3v) is 4.61. The fourth-order valence-corrected chi connectivity index (χ4v) is 3.11. The van der Waals surface area contributed by atoms with Crippen molar-refractivity contribution < 1.29 is 14.4 Å². The Kier molecular flexibility index (Phi) is 6.49. The lowest BCUT2D eigenvalue weighted by Crippen LogP contribution is -2.47. The Morgan fingerprint density at radius 2 is 1.52 bits per heavy atom. The van der Waals surface area contributed by atoms with Gasteiger partial charge in [0, 0.05) is 50.5 Å². The van der Waals surface area contributed by atoms with E-state index in [4.69, 9.17) is 9.47 Å². The second kappa shape index (κ2) is 9.23. The van der Waals surface area contributed by atoms with Gasteiger partial charge in [-0.25, -0.2) is 0 Å². The third kappa shape index (κ3) is 5.34. The maximum atomic E-state index is 10.7. The van der Waals surface area contributed by atoms with Gasteiger partial charge in [-0.05, 0) is 43.3 Å². The molecule has 2 aromatic carbocycles. The third-order valence-electron chi connectivity index (χ3n) is 4.61. The Morgan fingerprint density at radius 3 is 2.07 bits per heavy atom. The highest BCUT2D eigenvalue weighted by Gasteiger charge is 2.17. The molecule has 1 saturated heterocycles. The van der Waals surface area contributed by atoms with Gasteiger partial charge in [0.1, 0.15) is 18.1 Å². The zero-order chi connectivity index (χ0) is 19.1. The van der Waals surface area contributed by atoms with Crippen LogP contribution in [0, 0.1) is 10.1 Å². The molecule has 0 unspecified atom stereocenters. The van der Waals surface area contributed by atoms with Crippen molar-refractivity contribution in [3.63, 3.8) is 0 Å². The molecule has 0 aromatic heterocycles. The first kappa shape index (κ1) is 19.0. The standard InChI is InChI=1S/C20H25N3O4/c1-2-26-19-7-9-20(10-8-19)27-16-15-21-11-13-22(14-12-21)17-3-5-18(6-4-17)23(24)25/h3-10H,2,11-16H2,1H3. The molecule has 0 spiro atoms. The molecular formula is C20H25N3O4. The van der Waals surface area contributed by atoms with Gasteiger partial charge in [0.05, 0.1) is 11.5 Å². The molecule has 0 atom stereocenters. The number of hydrogen-bond donors (Lipinski definition) is 0. The number of non-ortho nitro benzene ring substituents is 1. The normalized spacial score (nSPS) is 14.8. The lowest BCUT2D eigenvalue weighted by molar-refractivity contribution is -0.384. The van der Waals surface area contributed by atoms with Crippen LogP contribution in [0.25, 0.3) is 0 Å². The topological polar surface area (TPSA) is 68.1 Å². The number of benzene rings is 2. The smallest absolute Gasteiger partial charge is 0.269 e. The number of nitro benzene ring substituents is 1. The van der Waals surface area contributed by atoms with E-state index < -0.39 is 0 Å². The van der Waals surface area contributed by atoms with Crippen LogP contribution in [0.15, 0.2) is 48.5 Å². The molecular weight excluding hydrogens is 346 g/mol. The van der Waals surface area contributed by atoms with Crippen molar-refractivity contribution in [3.05, 3.63) is 58.6 Å². The summed E-state index contributed by atoms with van der Waals surface area (Å²) >= 11 is 0. The Morgan fingerprint density at radius 1 is 0.926 bits per heavy atom. The van der Waals surface area contributed by atoms with E-state index in [0.717, 1.165) is 49.9 Å². The molecule has 0 N–H and O–H groups in total. The van der Waals surface area contributed by atoms with Gasteiger partial charge in [0.2, 0.25) is 0 Å². The summed E-state index contributed by atoms with van der Waals surface area (Å²) < 4.78 is 11.2. The maximum absolute atomic E-state index is 10.7. The molecule has 0 saturated carbocycles. The first-order valence-corrected chi connectivity index (χ1v) is 9.23. The summed E-state index contributed by atoms with van der Waals surface area (Å²) in [6, 6.07) is 14.5. The predicted molar refractivity (Wildman–Crippen MR) is 105 cm³/mol. The van der Waals surface area contributed by atoms with Crippen molar-refractivity contribution in [1.29, 1.82) is 0 Å². The summed E-state index contributed by atoms with van der Waals surface area (Å²) in [6.45, 7) is 7.85. The number of hydrogen-bond acceptors (Lipinski definition) is 6. The van der Waals surface area contributed by atoms with Gasteiger partial charge in [0.15, 0.2) is 0 Å². The molecule has 0 amide bonds. The van der Waals surface area contributed by atoms with Crippen LogP contribution in [0.5, 0.6) is 11.5 Å². The number of anilines is 1. The van der Waals surface area contributed by atoms with Crippen LogP contribution in [0.4, 0.5) is 11.4 Å². The zero-order valence-corrected chi connectivity index (χ0v) is 15.5. The van der Waals surface area contributed by atoms with E-state index in [0.29, 0.717) is 13.2 Å². The molecule has 1 aliphatic rings. The second-order valence-corrected chi connectivity index (χ2v) is 6.36. The molecule has 0 aliphatic carbocycles. The quantitative estimate of drug-likeness (QED) is 0.524. The van der Waals surface area contributed by atoms with E-state index in [1.807, 2.05) is 43.3 Å².